The molecule has 120 valence electrons. The predicted octanol–water partition coefficient (Wildman–Crippen LogP) is 3.29. The molecule has 1 unspecified atom stereocenters. The minimum Gasteiger partial charge on any atom is -0.487 e. The number of aliphatic hydroxyl groups is 1. The quantitative estimate of drug-likeness (QED) is 0.568. The maximum absolute atomic E-state index is 12.7. The molecule has 0 fully saturated rings. The van der Waals surface area contributed by atoms with Gasteiger partial charge in [-0.3, -0.25) is 0 Å². The number of rotatable bonds is 8. The van der Waals surface area contributed by atoms with Crippen LogP contribution in [0.4, 0.5) is 23.2 Å². The SMILES string of the molecule is Cc1cc(OCC(F)(F)C(F)F)ccc1NCC(O)CCl. The minimum absolute atomic E-state index is 0.0660. The molecule has 1 aromatic rings. The molecule has 8 heteroatoms. The third-order valence-corrected chi connectivity index (χ3v) is 3.01. The second kappa shape index (κ2) is 7.70. The van der Waals surface area contributed by atoms with E-state index in [0.29, 0.717) is 11.3 Å². The second-order valence-electron chi connectivity index (χ2n) is 4.52. The summed E-state index contributed by atoms with van der Waals surface area (Å²) < 4.78 is 54.1. The van der Waals surface area contributed by atoms with Crippen LogP contribution in [0.2, 0.25) is 0 Å². The number of aliphatic hydroxyl groups excluding tert-OH is 1. The summed E-state index contributed by atoms with van der Waals surface area (Å²) in [5.41, 5.74) is 1.32. The summed E-state index contributed by atoms with van der Waals surface area (Å²) >= 11 is 5.45. The Kier molecular flexibility index (Phi) is 6.54. The first-order chi connectivity index (χ1) is 9.76. The van der Waals surface area contributed by atoms with Crippen LogP contribution in [0.3, 0.4) is 0 Å². The van der Waals surface area contributed by atoms with Crippen LogP contribution in [0, 0.1) is 6.92 Å². The zero-order valence-electron chi connectivity index (χ0n) is 11.3. The van der Waals surface area contributed by atoms with E-state index in [1.54, 1.807) is 13.0 Å². The number of nitrogens with one attached hydrogen (secondary N) is 1. The van der Waals surface area contributed by atoms with Crippen LogP contribution < -0.4 is 10.1 Å². The average Bonchev–Trinajstić information content (AvgIpc) is 2.43. The zero-order valence-corrected chi connectivity index (χ0v) is 12.0. The van der Waals surface area contributed by atoms with Crippen molar-refractivity contribution in [1.82, 2.24) is 0 Å². The van der Waals surface area contributed by atoms with Gasteiger partial charge in [-0.15, -0.1) is 11.6 Å². The van der Waals surface area contributed by atoms with Gasteiger partial charge in [0, 0.05) is 12.2 Å². The number of benzene rings is 1. The highest BCUT2D eigenvalue weighted by molar-refractivity contribution is 6.18. The molecule has 0 aliphatic rings. The number of halogens is 5. The fourth-order valence-corrected chi connectivity index (χ4v) is 1.56. The summed E-state index contributed by atoms with van der Waals surface area (Å²) in [5.74, 6) is -4.04. The Morgan fingerprint density at radius 2 is 2.05 bits per heavy atom. The van der Waals surface area contributed by atoms with Crippen LogP contribution in [0.25, 0.3) is 0 Å². The molecule has 1 aromatic carbocycles. The summed E-state index contributed by atoms with van der Waals surface area (Å²) in [5, 5.41) is 12.2. The molecule has 21 heavy (non-hydrogen) atoms. The fraction of sp³-hybridized carbons (Fsp3) is 0.538. The Labute approximate surface area is 124 Å². The van der Waals surface area contributed by atoms with Crippen LogP contribution in [0.5, 0.6) is 5.75 Å². The first-order valence-electron chi connectivity index (χ1n) is 6.13. The number of hydrogen-bond donors (Lipinski definition) is 2. The maximum atomic E-state index is 12.7. The third kappa shape index (κ3) is 5.59. The topological polar surface area (TPSA) is 41.5 Å². The van der Waals surface area contributed by atoms with Gasteiger partial charge in [-0.2, -0.15) is 8.78 Å². The van der Waals surface area contributed by atoms with E-state index in [1.807, 2.05) is 0 Å². The van der Waals surface area contributed by atoms with Gasteiger partial charge in [0.15, 0.2) is 6.61 Å². The molecule has 0 aliphatic carbocycles. The van der Waals surface area contributed by atoms with Crippen molar-refractivity contribution in [2.45, 2.75) is 25.4 Å². The summed E-state index contributed by atoms with van der Waals surface area (Å²) in [6.45, 7) is 0.531. The Morgan fingerprint density at radius 3 is 2.57 bits per heavy atom. The van der Waals surface area contributed by atoms with Crippen molar-refractivity contribution in [3.63, 3.8) is 0 Å². The molecule has 0 saturated carbocycles. The Balaban J connectivity index is 2.62. The highest BCUT2D eigenvalue weighted by Crippen LogP contribution is 2.26. The molecule has 0 spiro atoms. The van der Waals surface area contributed by atoms with Gasteiger partial charge in [0.05, 0.1) is 12.0 Å². The molecule has 0 bridgehead atoms. The highest BCUT2D eigenvalue weighted by atomic mass is 35.5. The maximum Gasteiger partial charge on any atom is 0.340 e. The van der Waals surface area contributed by atoms with Crippen LogP contribution in [0.1, 0.15) is 5.56 Å². The zero-order chi connectivity index (χ0) is 16.0. The molecule has 1 rings (SSSR count). The predicted molar refractivity (Wildman–Crippen MR) is 72.8 cm³/mol. The van der Waals surface area contributed by atoms with Gasteiger partial charge in [0.1, 0.15) is 5.75 Å². The van der Waals surface area contributed by atoms with Gasteiger partial charge in [0.2, 0.25) is 0 Å². The molecule has 1 atom stereocenters. The van der Waals surface area contributed by atoms with Crippen molar-refractivity contribution in [3.05, 3.63) is 23.8 Å². The van der Waals surface area contributed by atoms with E-state index in [1.165, 1.54) is 12.1 Å². The Morgan fingerprint density at radius 1 is 1.38 bits per heavy atom. The fourth-order valence-electron chi connectivity index (χ4n) is 1.45. The third-order valence-electron chi connectivity index (χ3n) is 2.65. The van der Waals surface area contributed by atoms with Gasteiger partial charge in [-0.1, -0.05) is 0 Å². The van der Waals surface area contributed by atoms with Crippen LogP contribution >= 0.6 is 11.6 Å². The molecule has 0 heterocycles. The van der Waals surface area contributed by atoms with E-state index < -0.39 is 25.1 Å². The monoisotopic (exact) mass is 329 g/mol. The summed E-state index contributed by atoms with van der Waals surface area (Å²) in [7, 11) is 0. The molecule has 0 aromatic heterocycles. The summed E-state index contributed by atoms with van der Waals surface area (Å²) in [4.78, 5) is 0. The number of hydrogen-bond acceptors (Lipinski definition) is 3. The molecular formula is C13H16ClF4NO2. The van der Waals surface area contributed by atoms with Gasteiger partial charge in [-0.05, 0) is 30.7 Å². The Hall–Kier alpha value is -1.21. The van der Waals surface area contributed by atoms with Gasteiger partial charge >= 0.3 is 12.3 Å². The Bertz CT molecular complexity index is 460. The lowest BCUT2D eigenvalue weighted by Gasteiger charge is -2.17. The highest BCUT2D eigenvalue weighted by Gasteiger charge is 2.41. The van der Waals surface area contributed by atoms with E-state index in [9.17, 15) is 22.7 Å². The number of aryl methyl sites for hydroxylation is 1. The average molecular weight is 330 g/mol. The lowest BCUT2D eigenvalue weighted by molar-refractivity contribution is -0.148. The smallest absolute Gasteiger partial charge is 0.340 e. The first kappa shape index (κ1) is 17.8. The molecule has 0 amide bonds. The van der Waals surface area contributed by atoms with Crippen molar-refractivity contribution in [1.29, 1.82) is 0 Å². The van der Waals surface area contributed by atoms with Crippen molar-refractivity contribution >= 4 is 17.3 Å². The van der Waals surface area contributed by atoms with Gasteiger partial charge in [-0.25, -0.2) is 8.78 Å². The van der Waals surface area contributed by atoms with E-state index in [2.05, 4.69) is 10.1 Å². The summed E-state index contributed by atoms with van der Waals surface area (Å²) in [6, 6.07) is 4.37. The molecule has 0 radical (unpaired) electrons. The number of anilines is 1. The minimum atomic E-state index is -4.19. The van der Waals surface area contributed by atoms with Crippen LogP contribution in [-0.4, -0.2) is 42.6 Å². The van der Waals surface area contributed by atoms with Crippen molar-refractivity contribution in [2.24, 2.45) is 0 Å². The molecule has 2 N–H and O–H groups in total. The number of alkyl halides is 5. The lowest BCUT2D eigenvalue weighted by atomic mass is 10.2. The van der Waals surface area contributed by atoms with Crippen molar-refractivity contribution in [3.8, 4) is 5.75 Å². The van der Waals surface area contributed by atoms with Crippen molar-refractivity contribution < 1.29 is 27.4 Å². The standard InChI is InChI=1S/C13H16ClF4NO2/c1-8-4-10(21-7-13(17,18)12(15)16)2-3-11(8)19-6-9(20)5-14/h2-4,9,12,19-20H,5-7H2,1H3. The van der Waals surface area contributed by atoms with Crippen LogP contribution in [0.15, 0.2) is 18.2 Å². The summed E-state index contributed by atoms with van der Waals surface area (Å²) in [6.07, 6.45) is -4.48. The normalized spacial score (nSPS) is 13.3. The second-order valence-corrected chi connectivity index (χ2v) is 4.82. The molecule has 0 saturated heterocycles. The lowest BCUT2D eigenvalue weighted by Crippen LogP contribution is -2.33. The largest absolute Gasteiger partial charge is 0.487 e. The van der Waals surface area contributed by atoms with Gasteiger partial charge in [0.25, 0.3) is 0 Å². The van der Waals surface area contributed by atoms with E-state index in [-0.39, 0.29) is 18.2 Å². The molecule has 3 nitrogen and oxygen atoms in total. The molecular weight excluding hydrogens is 314 g/mol. The van der Waals surface area contributed by atoms with E-state index >= 15 is 0 Å². The van der Waals surface area contributed by atoms with E-state index in [4.69, 9.17) is 11.6 Å². The van der Waals surface area contributed by atoms with Gasteiger partial charge < -0.3 is 15.2 Å². The van der Waals surface area contributed by atoms with Crippen LogP contribution in [-0.2, 0) is 0 Å². The van der Waals surface area contributed by atoms with Crippen molar-refractivity contribution in [2.75, 3.05) is 24.3 Å². The number of ether oxygens (including phenoxy) is 1. The first-order valence-corrected chi connectivity index (χ1v) is 6.67. The van der Waals surface area contributed by atoms with E-state index in [0.717, 1.165) is 0 Å². The molecule has 0 aliphatic heterocycles.